The van der Waals surface area contributed by atoms with Crippen LogP contribution >= 0.6 is 11.6 Å². The smallest absolute Gasteiger partial charge is 0.357 e. The van der Waals surface area contributed by atoms with Crippen molar-refractivity contribution in [1.82, 2.24) is 4.98 Å². The van der Waals surface area contributed by atoms with Crippen molar-refractivity contribution in [3.05, 3.63) is 69.5 Å². The number of nitrogens with one attached hydrogen (secondary N) is 2. The molecule has 1 aliphatic heterocycles. The van der Waals surface area contributed by atoms with Gasteiger partial charge in [0.1, 0.15) is 5.52 Å². The Hall–Kier alpha value is -2.86. The molecular weight excluding hydrogens is 314 g/mol. The van der Waals surface area contributed by atoms with Gasteiger partial charge in [-0.15, -0.1) is 0 Å². The zero-order valence-electron chi connectivity index (χ0n) is 12.0. The van der Waals surface area contributed by atoms with Crippen molar-refractivity contribution in [1.29, 1.82) is 0 Å². The summed E-state index contributed by atoms with van der Waals surface area (Å²) in [5.41, 5.74) is 7.34. The van der Waals surface area contributed by atoms with E-state index >= 15 is 0 Å². The summed E-state index contributed by atoms with van der Waals surface area (Å²) in [6, 6.07) is 14.8. The van der Waals surface area contributed by atoms with Crippen LogP contribution in [0, 0.1) is 0 Å². The predicted octanol–water partition coefficient (Wildman–Crippen LogP) is 1.76. The van der Waals surface area contributed by atoms with E-state index in [1.54, 1.807) is 12.1 Å². The van der Waals surface area contributed by atoms with Crippen LogP contribution in [-0.2, 0) is 0 Å². The molecule has 4 N–H and O–H groups in total. The molecule has 1 atom stereocenters. The fourth-order valence-electron chi connectivity index (χ4n) is 2.81. The molecule has 2 heterocycles. The molecule has 0 radical (unpaired) electrons. The van der Waals surface area contributed by atoms with E-state index < -0.39 is 6.17 Å². The highest BCUT2D eigenvalue weighted by Crippen LogP contribution is 2.23. The van der Waals surface area contributed by atoms with Gasteiger partial charge in [-0.2, -0.15) is 4.99 Å². The number of fused-ring (bicyclic) bond motifs is 3. The van der Waals surface area contributed by atoms with Crippen molar-refractivity contribution < 1.29 is 4.57 Å². The molecule has 4 rings (SSSR count). The molecule has 0 saturated carbocycles. The van der Waals surface area contributed by atoms with E-state index in [4.69, 9.17) is 17.3 Å². The topological polar surface area (TPSA) is 87.2 Å². The Morgan fingerprint density at radius 2 is 2.00 bits per heavy atom. The monoisotopic (exact) mass is 326 g/mol. The predicted molar refractivity (Wildman–Crippen MR) is 89.6 cm³/mol. The first-order chi connectivity index (χ1) is 11.1. The lowest BCUT2D eigenvalue weighted by molar-refractivity contribution is -0.677. The summed E-state index contributed by atoms with van der Waals surface area (Å²) in [4.78, 5) is 19.5. The first-order valence-electron chi connectivity index (χ1n) is 7.06. The van der Waals surface area contributed by atoms with Crippen molar-refractivity contribution in [2.24, 2.45) is 10.7 Å². The van der Waals surface area contributed by atoms with Crippen molar-refractivity contribution in [3.63, 3.8) is 0 Å². The van der Waals surface area contributed by atoms with Crippen LogP contribution in [0.1, 0.15) is 11.7 Å². The molecule has 23 heavy (non-hydrogen) atoms. The Labute approximate surface area is 136 Å². The summed E-state index contributed by atoms with van der Waals surface area (Å²) in [6.07, 6.45) is -0.410. The summed E-state index contributed by atoms with van der Waals surface area (Å²) in [5, 5.41) is 4.11. The molecule has 0 saturated heterocycles. The number of halogens is 1. The minimum absolute atomic E-state index is 0.182. The van der Waals surface area contributed by atoms with Gasteiger partial charge in [0.2, 0.25) is 6.17 Å². The van der Waals surface area contributed by atoms with Crippen molar-refractivity contribution >= 4 is 34.4 Å². The van der Waals surface area contributed by atoms with Gasteiger partial charge < -0.3 is 5.73 Å². The van der Waals surface area contributed by atoms with Crippen LogP contribution in [0.5, 0.6) is 0 Å². The summed E-state index contributed by atoms with van der Waals surface area (Å²) in [5.74, 6) is 0.729. The average Bonchev–Trinajstić information content (AvgIpc) is 2.54. The van der Waals surface area contributed by atoms with Gasteiger partial charge in [0, 0.05) is 10.6 Å². The highest BCUT2D eigenvalue weighted by Gasteiger charge is 2.30. The number of para-hydroxylation sites is 1. The SMILES string of the molecule is NC1=N[C@H](c2cccc(Cl)c2)[n+]2c([nH]c(=O)c3ccccc32)N1. The Kier molecular flexibility index (Phi) is 3.06. The second-order valence-electron chi connectivity index (χ2n) is 5.26. The maximum atomic E-state index is 12.2. The minimum atomic E-state index is -0.410. The lowest BCUT2D eigenvalue weighted by Crippen LogP contribution is -2.51. The number of H-pyrrole nitrogens is 1. The van der Waals surface area contributed by atoms with Gasteiger partial charge in [-0.25, -0.2) is 14.9 Å². The Morgan fingerprint density at radius 3 is 2.83 bits per heavy atom. The Balaban J connectivity index is 2.05. The Morgan fingerprint density at radius 1 is 1.17 bits per heavy atom. The molecule has 3 aromatic rings. The first kappa shape index (κ1) is 13.8. The van der Waals surface area contributed by atoms with Crippen LogP contribution in [0.2, 0.25) is 5.02 Å². The molecule has 114 valence electrons. The molecule has 0 amide bonds. The fourth-order valence-corrected chi connectivity index (χ4v) is 3.01. The largest absolute Gasteiger partial charge is 0.367 e. The van der Waals surface area contributed by atoms with E-state index in [0.717, 1.165) is 11.1 Å². The van der Waals surface area contributed by atoms with Crippen LogP contribution in [-0.4, -0.2) is 10.9 Å². The summed E-state index contributed by atoms with van der Waals surface area (Å²) in [7, 11) is 0. The molecule has 0 spiro atoms. The normalized spacial score (nSPS) is 16.6. The van der Waals surface area contributed by atoms with Gasteiger partial charge >= 0.3 is 11.5 Å². The van der Waals surface area contributed by atoms with E-state index in [2.05, 4.69) is 15.3 Å². The standard InChI is InChI=1S/C16H12ClN5O/c17-10-5-3-4-9(8-10)13-19-15(18)21-16-20-14(23)11-6-1-2-7-12(11)22(13)16/h1-8,13H,(H3,18,19,20,21,23)/p+1/t13-/m0/s1. The number of aliphatic imine (C=N–C) groups is 1. The number of anilines is 1. The molecule has 6 nitrogen and oxygen atoms in total. The minimum Gasteiger partial charge on any atom is -0.357 e. The number of benzene rings is 2. The summed E-state index contributed by atoms with van der Waals surface area (Å²) >= 11 is 6.11. The molecule has 0 bridgehead atoms. The number of nitrogens with two attached hydrogens (primary N) is 1. The second-order valence-corrected chi connectivity index (χ2v) is 5.69. The van der Waals surface area contributed by atoms with Gasteiger partial charge in [-0.3, -0.25) is 4.79 Å². The van der Waals surface area contributed by atoms with Crippen LogP contribution in [0.25, 0.3) is 10.9 Å². The number of guanidine groups is 1. The molecule has 2 aromatic carbocycles. The number of hydrogen-bond donors (Lipinski definition) is 3. The number of rotatable bonds is 1. The van der Waals surface area contributed by atoms with E-state index in [9.17, 15) is 4.79 Å². The van der Waals surface area contributed by atoms with E-state index in [1.807, 2.05) is 41.0 Å². The van der Waals surface area contributed by atoms with Gasteiger partial charge in [0.25, 0.3) is 5.96 Å². The Bertz CT molecular complexity index is 1010. The molecule has 0 fully saturated rings. The van der Waals surface area contributed by atoms with Crippen LogP contribution in [0.15, 0.2) is 58.3 Å². The van der Waals surface area contributed by atoms with Gasteiger partial charge in [0.15, 0.2) is 0 Å². The number of aromatic amines is 1. The van der Waals surface area contributed by atoms with Gasteiger partial charge in [-0.05, 0) is 24.3 Å². The molecule has 7 heteroatoms. The molecule has 0 unspecified atom stereocenters. The number of hydrogen-bond acceptors (Lipinski definition) is 4. The third-order valence-electron chi connectivity index (χ3n) is 3.78. The first-order valence-corrected chi connectivity index (χ1v) is 7.43. The quantitative estimate of drug-likeness (QED) is 0.595. The fraction of sp³-hybridized carbons (Fsp3) is 0.0625. The van der Waals surface area contributed by atoms with Crippen LogP contribution < -0.4 is 21.2 Å². The molecule has 1 aliphatic rings. The van der Waals surface area contributed by atoms with Crippen LogP contribution in [0.3, 0.4) is 0 Å². The highest BCUT2D eigenvalue weighted by molar-refractivity contribution is 6.30. The van der Waals surface area contributed by atoms with Crippen molar-refractivity contribution in [2.45, 2.75) is 6.17 Å². The second kappa shape index (κ2) is 5.10. The van der Waals surface area contributed by atoms with Gasteiger partial charge in [0.05, 0.1) is 5.39 Å². The zero-order chi connectivity index (χ0) is 16.0. The third kappa shape index (κ3) is 2.24. The third-order valence-corrected chi connectivity index (χ3v) is 4.02. The molecular formula is C16H13ClN5O+. The lowest BCUT2D eigenvalue weighted by Gasteiger charge is -2.21. The van der Waals surface area contributed by atoms with E-state index in [0.29, 0.717) is 16.4 Å². The number of aromatic nitrogens is 2. The summed E-state index contributed by atoms with van der Waals surface area (Å²) < 4.78 is 1.90. The van der Waals surface area contributed by atoms with Crippen LogP contribution in [0.4, 0.5) is 5.95 Å². The zero-order valence-corrected chi connectivity index (χ0v) is 12.7. The summed E-state index contributed by atoms with van der Waals surface area (Å²) in [6.45, 7) is 0. The molecule has 0 aliphatic carbocycles. The highest BCUT2D eigenvalue weighted by atomic mass is 35.5. The van der Waals surface area contributed by atoms with E-state index in [-0.39, 0.29) is 11.5 Å². The molecule has 1 aromatic heterocycles. The lowest BCUT2D eigenvalue weighted by atomic mass is 10.1. The van der Waals surface area contributed by atoms with Gasteiger partial charge in [-0.1, -0.05) is 35.9 Å². The maximum absolute atomic E-state index is 12.2. The van der Waals surface area contributed by atoms with E-state index in [1.165, 1.54) is 0 Å². The maximum Gasteiger partial charge on any atom is 0.367 e. The average molecular weight is 327 g/mol. The van der Waals surface area contributed by atoms with Crippen molar-refractivity contribution in [3.8, 4) is 0 Å². The van der Waals surface area contributed by atoms with Crippen molar-refractivity contribution in [2.75, 3.05) is 5.32 Å². The number of nitrogens with zero attached hydrogens (tertiary/aromatic N) is 2.